The van der Waals surface area contributed by atoms with Crippen LogP contribution in [0.2, 0.25) is 5.02 Å². The zero-order valence-corrected chi connectivity index (χ0v) is 17.4. The van der Waals surface area contributed by atoms with Crippen LogP contribution in [0.3, 0.4) is 0 Å². The molecule has 2 aliphatic heterocycles. The van der Waals surface area contributed by atoms with Crippen molar-refractivity contribution in [2.75, 3.05) is 6.54 Å². The van der Waals surface area contributed by atoms with Crippen LogP contribution in [0, 0.1) is 0 Å². The number of carbonyl (C=O) groups is 3. The van der Waals surface area contributed by atoms with Gasteiger partial charge in [0.2, 0.25) is 11.8 Å². The molecule has 0 unspecified atom stereocenters. The van der Waals surface area contributed by atoms with Gasteiger partial charge in [-0.2, -0.15) is 13.2 Å². The summed E-state index contributed by atoms with van der Waals surface area (Å²) in [7, 11) is 0. The quantitative estimate of drug-likeness (QED) is 0.729. The SMILES string of the molecule is O=C(N[C@H]1C[C@H]2C(=O)N[C@@H](Cc3ccc(Cl)cc3)C(=O)N2C1)c1ccc(C(F)(F)F)cc1. The highest BCUT2D eigenvalue weighted by Crippen LogP contribution is 2.29. The van der Waals surface area contributed by atoms with Gasteiger partial charge in [0.1, 0.15) is 12.1 Å². The summed E-state index contributed by atoms with van der Waals surface area (Å²) in [4.78, 5) is 39.4. The minimum absolute atomic E-state index is 0.0688. The van der Waals surface area contributed by atoms with Gasteiger partial charge in [0.05, 0.1) is 5.56 Å². The van der Waals surface area contributed by atoms with Crippen LogP contribution in [0.25, 0.3) is 0 Å². The Balaban J connectivity index is 1.40. The van der Waals surface area contributed by atoms with E-state index in [-0.39, 0.29) is 30.3 Å². The Labute approximate surface area is 186 Å². The number of fused-ring (bicyclic) bond motifs is 1. The van der Waals surface area contributed by atoms with Crippen molar-refractivity contribution in [3.05, 3.63) is 70.2 Å². The van der Waals surface area contributed by atoms with Crippen molar-refractivity contribution in [2.45, 2.75) is 37.1 Å². The maximum atomic E-state index is 12.9. The van der Waals surface area contributed by atoms with E-state index >= 15 is 0 Å². The first-order valence-electron chi connectivity index (χ1n) is 9.95. The Bertz CT molecular complexity index is 1040. The van der Waals surface area contributed by atoms with Crippen LogP contribution in [0.4, 0.5) is 13.2 Å². The van der Waals surface area contributed by atoms with E-state index in [4.69, 9.17) is 11.6 Å². The van der Waals surface area contributed by atoms with E-state index < -0.39 is 35.8 Å². The molecule has 2 aliphatic rings. The van der Waals surface area contributed by atoms with Gasteiger partial charge in [-0.05, 0) is 48.4 Å². The molecule has 0 bridgehead atoms. The van der Waals surface area contributed by atoms with Gasteiger partial charge in [-0.1, -0.05) is 23.7 Å². The molecule has 3 amide bonds. The van der Waals surface area contributed by atoms with E-state index in [9.17, 15) is 27.6 Å². The number of carbonyl (C=O) groups excluding carboxylic acids is 3. The van der Waals surface area contributed by atoms with Crippen molar-refractivity contribution in [1.82, 2.24) is 15.5 Å². The van der Waals surface area contributed by atoms with E-state index in [1.807, 2.05) is 0 Å². The maximum absolute atomic E-state index is 12.9. The Hall–Kier alpha value is -3.07. The third-order valence-corrected chi connectivity index (χ3v) is 5.92. The van der Waals surface area contributed by atoms with E-state index in [1.54, 1.807) is 24.3 Å². The highest BCUT2D eigenvalue weighted by Gasteiger charge is 2.46. The predicted octanol–water partition coefficient (Wildman–Crippen LogP) is 2.80. The third kappa shape index (κ3) is 4.57. The lowest BCUT2D eigenvalue weighted by Crippen LogP contribution is -2.61. The van der Waals surface area contributed by atoms with E-state index in [0.717, 1.165) is 29.8 Å². The number of nitrogens with zero attached hydrogens (tertiary/aromatic N) is 1. The molecule has 2 heterocycles. The standard InChI is InChI=1S/C22H19ClF3N3O3/c23-15-7-1-12(2-8-15)9-17-21(32)29-11-16(10-18(29)20(31)28-17)27-19(30)13-3-5-14(6-4-13)22(24,25)26/h1-8,16-18H,9-11H2,(H,27,30)(H,28,31)/t16-,17-,18-/m0/s1. The van der Waals surface area contributed by atoms with E-state index in [2.05, 4.69) is 10.6 Å². The molecule has 0 aromatic heterocycles. The zero-order chi connectivity index (χ0) is 23.0. The summed E-state index contributed by atoms with van der Waals surface area (Å²) in [5.41, 5.74) is 0.0677. The third-order valence-electron chi connectivity index (χ3n) is 5.66. The highest BCUT2D eigenvalue weighted by atomic mass is 35.5. The number of halogens is 4. The number of benzene rings is 2. The molecule has 168 valence electrons. The number of hydrogen-bond donors (Lipinski definition) is 2. The number of amides is 3. The summed E-state index contributed by atoms with van der Waals surface area (Å²) in [5.74, 6) is -1.10. The second kappa shape index (κ2) is 8.46. The van der Waals surface area contributed by atoms with Crippen molar-refractivity contribution < 1.29 is 27.6 Å². The van der Waals surface area contributed by atoms with Crippen molar-refractivity contribution in [2.24, 2.45) is 0 Å². The fraction of sp³-hybridized carbons (Fsp3) is 0.318. The van der Waals surface area contributed by atoms with Crippen LogP contribution < -0.4 is 10.6 Å². The molecule has 3 atom stereocenters. The summed E-state index contributed by atoms with van der Waals surface area (Å²) < 4.78 is 38.1. The first-order chi connectivity index (χ1) is 15.1. The first-order valence-corrected chi connectivity index (χ1v) is 10.3. The Kier molecular flexibility index (Phi) is 5.85. The lowest BCUT2D eigenvalue weighted by molar-refractivity contribution is -0.147. The maximum Gasteiger partial charge on any atom is 0.416 e. The summed E-state index contributed by atoms with van der Waals surface area (Å²) in [6.07, 6.45) is -3.94. The molecule has 10 heteroatoms. The van der Waals surface area contributed by atoms with Gasteiger partial charge < -0.3 is 15.5 Å². The molecule has 2 aromatic rings. The Morgan fingerprint density at radius 1 is 1.09 bits per heavy atom. The number of nitrogens with one attached hydrogen (secondary N) is 2. The average Bonchev–Trinajstić information content (AvgIpc) is 3.17. The minimum Gasteiger partial charge on any atom is -0.347 e. The summed E-state index contributed by atoms with van der Waals surface area (Å²) in [6, 6.07) is 8.95. The van der Waals surface area contributed by atoms with Crippen LogP contribution in [0.15, 0.2) is 48.5 Å². The van der Waals surface area contributed by atoms with Crippen molar-refractivity contribution in [1.29, 1.82) is 0 Å². The molecule has 0 saturated carbocycles. The second-order valence-corrected chi connectivity index (χ2v) is 8.32. The van der Waals surface area contributed by atoms with Crippen molar-refractivity contribution in [3.8, 4) is 0 Å². The van der Waals surface area contributed by atoms with Gasteiger partial charge in [-0.25, -0.2) is 0 Å². The smallest absolute Gasteiger partial charge is 0.347 e. The van der Waals surface area contributed by atoms with Crippen LogP contribution in [-0.4, -0.2) is 47.3 Å². The molecule has 0 aliphatic carbocycles. The number of hydrogen-bond acceptors (Lipinski definition) is 3. The molecule has 0 radical (unpaired) electrons. The lowest BCUT2D eigenvalue weighted by Gasteiger charge is -2.34. The molecule has 2 saturated heterocycles. The molecule has 2 fully saturated rings. The lowest BCUT2D eigenvalue weighted by atomic mass is 10.0. The van der Waals surface area contributed by atoms with Crippen molar-refractivity contribution in [3.63, 3.8) is 0 Å². The van der Waals surface area contributed by atoms with Crippen LogP contribution >= 0.6 is 11.6 Å². The monoisotopic (exact) mass is 465 g/mol. The Morgan fingerprint density at radius 3 is 2.38 bits per heavy atom. The molecule has 32 heavy (non-hydrogen) atoms. The minimum atomic E-state index is -4.49. The molecular formula is C22H19ClF3N3O3. The van der Waals surface area contributed by atoms with Gasteiger partial charge >= 0.3 is 6.18 Å². The van der Waals surface area contributed by atoms with Crippen LogP contribution in [0.5, 0.6) is 0 Å². The number of alkyl halides is 3. The van der Waals surface area contributed by atoms with Gasteiger partial charge in [-0.3, -0.25) is 14.4 Å². The highest BCUT2D eigenvalue weighted by molar-refractivity contribution is 6.30. The molecule has 4 rings (SSSR count). The molecule has 0 spiro atoms. The normalized spacial score (nSPS) is 23.0. The van der Waals surface area contributed by atoms with Gasteiger partial charge in [-0.15, -0.1) is 0 Å². The van der Waals surface area contributed by atoms with Gasteiger partial charge in [0, 0.05) is 29.6 Å². The van der Waals surface area contributed by atoms with E-state index in [1.165, 1.54) is 4.90 Å². The summed E-state index contributed by atoms with van der Waals surface area (Å²) in [5, 5.41) is 6.03. The molecule has 2 N–H and O–H groups in total. The number of rotatable bonds is 4. The molecule has 6 nitrogen and oxygen atoms in total. The fourth-order valence-corrected chi connectivity index (χ4v) is 4.16. The number of piperazine rings is 1. The summed E-state index contributed by atoms with van der Waals surface area (Å²) >= 11 is 5.88. The zero-order valence-electron chi connectivity index (χ0n) is 16.7. The second-order valence-electron chi connectivity index (χ2n) is 7.88. The fourth-order valence-electron chi connectivity index (χ4n) is 4.04. The summed E-state index contributed by atoms with van der Waals surface area (Å²) in [6.45, 7) is 0.153. The van der Waals surface area contributed by atoms with Gasteiger partial charge in [0.15, 0.2) is 0 Å². The topological polar surface area (TPSA) is 78.5 Å². The largest absolute Gasteiger partial charge is 0.416 e. The average molecular weight is 466 g/mol. The molecule has 2 aromatic carbocycles. The van der Waals surface area contributed by atoms with E-state index in [0.29, 0.717) is 11.4 Å². The van der Waals surface area contributed by atoms with Crippen LogP contribution in [0.1, 0.15) is 27.9 Å². The molecular weight excluding hydrogens is 447 g/mol. The van der Waals surface area contributed by atoms with Gasteiger partial charge in [0.25, 0.3) is 5.91 Å². The Morgan fingerprint density at radius 2 is 1.75 bits per heavy atom. The predicted molar refractivity (Wildman–Crippen MR) is 110 cm³/mol. The van der Waals surface area contributed by atoms with Crippen LogP contribution in [-0.2, 0) is 22.2 Å². The first kappa shape index (κ1) is 22.1. The van der Waals surface area contributed by atoms with Crippen molar-refractivity contribution >= 4 is 29.3 Å².